The smallest absolute Gasteiger partial charge is 0.326 e. The van der Waals surface area contributed by atoms with Gasteiger partial charge in [0.25, 0.3) is 5.91 Å². The van der Waals surface area contributed by atoms with Gasteiger partial charge in [0.1, 0.15) is 6.04 Å². The van der Waals surface area contributed by atoms with E-state index in [0.717, 1.165) is 0 Å². The minimum atomic E-state index is -3.76. The molecule has 1 aromatic rings. The summed E-state index contributed by atoms with van der Waals surface area (Å²) in [5.74, 6) is -2.10. The molecule has 23 heavy (non-hydrogen) atoms. The summed E-state index contributed by atoms with van der Waals surface area (Å²) in [5.41, 5.74) is 0.0679. The first-order valence-electron chi connectivity index (χ1n) is 6.93. The monoisotopic (exact) mass is 340 g/mol. The van der Waals surface area contributed by atoms with E-state index in [0.29, 0.717) is 0 Å². The Morgan fingerprint density at radius 2 is 2.00 bits per heavy atom. The summed E-state index contributed by atoms with van der Waals surface area (Å²) in [6.45, 7) is 6.82. The molecule has 7 nitrogen and oxygen atoms in total. The summed E-state index contributed by atoms with van der Waals surface area (Å²) >= 11 is 0. The van der Waals surface area contributed by atoms with E-state index >= 15 is 0 Å². The van der Waals surface area contributed by atoms with Gasteiger partial charge in [0.15, 0.2) is 0 Å². The maximum atomic E-state index is 12.2. The molecule has 0 spiro atoms. The quantitative estimate of drug-likeness (QED) is 0.611. The second-order valence-electron chi connectivity index (χ2n) is 5.20. The number of nitrogens with one attached hydrogen (secondary N) is 2. The van der Waals surface area contributed by atoms with Gasteiger partial charge in [-0.15, -0.1) is 6.58 Å². The molecule has 1 atom stereocenters. The van der Waals surface area contributed by atoms with E-state index in [1.54, 1.807) is 13.8 Å². The van der Waals surface area contributed by atoms with Crippen molar-refractivity contribution in [2.24, 2.45) is 5.92 Å². The van der Waals surface area contributed by atoms with Gasteiger partial charge in [-0.3, -0.25) is 4.79 Å². The molecule has 0 heterocycles. The molecule has 0 aliphatic carbocycles. The standard InChI is InChI=1S/C15H20N2O5S/c1-4-8-16-23(21,22)12-7-5-6-11(9-12)14(18)17-13(10(2)3)15(19)20/h4-7,9-10,13,16H,1,8H2,2-3H3,(H,17,18)(H,19,20)/t13-/m0/s1. The van der Waals surface area contributed by atoms with Crippen molar-refractivity contribution in [3.8, 4) is 0 Å². The summed E-state index contributed by atoms with van der Waals surface area (Å²) < 4.78 is 26.3. The first kappa shape index (κ1) is 18.9. The number of carboxylic acids is 1. The van der Waals surface area contributed by atoms with Crippen LogP contribution in [0.15, 0.2) is 41.8 Å². The van der Waals surface area contributed by atoms with Crippen molar-refractivity contribution in [3.63, 3.8) is 0 Å². The van der Waals surface area contributed by atoms with Gasteiger partial charge in [-0.25, -0.2) is 17.9 Å². The van der Waals surface area contributed by atoms with Gasteiger partial charge < -0.3 is 10.4 Å². The van der Waals surface area contributed by atoms with Crippen LogP contribution < -0.4 is 10.0 Å². The van der Waals surface area contributed by atoms with Crippen LogP contribution in [0.2, 0.25) is 0 Å². The van der Waals surface area contributed by atoms with Crippen LogP contribution in [0.3, 0.4) is 0 Å². The lowest BCUT2D eigenvalue weighted by molar-refractivity contribution is -0.140. The van der Waals surface area contributed by atoms with Crippen molar-refractivity contribution in [3.05, 3.63) is 42.5 Å². The summed E-state index contributed by atoms with van der Waals surface area (Å²) in [6, 6.07) is 4.32. The Morgan fingerprint density at radius 1 is 1.35 bits per heavy atom. The van der Waals surface area contributed by atoms with Gasteiger partial charge in [0.05, 0.1) is 4.90 Å². The topological polar surface area (TPSA) is 113 Å². The first-order valence-corrected chi connectivity index (χ1v) is 8.41. The van der Waals surface area contributed by atoms with Crippen LogP contribution in [0.5, 0.6) is 0 Å². The minimum absolute atomic E-state index is 0.0627. The van der Waals surface area contributed by atoms with Gasteiger partial charge in [-0.05, 0) is 24.1 Å². The summed E-state index contributed by atoms with van der Waals surface area (Å²) in [4.78, 5) is 23.2. The molecular weight excluding hydrogens is 320 g/mol. The minimum Gasteiger partial charge on any atom is -0.480 e. The molecular formula is C15H20N2O5S. The number of carboxylic acid groups (broad SMARTS) is 1. The molecule has 0 saturated carbocycles. The molecule has 0 fully saturated rings. The average Bonchev–Trinajstić information content (AvgIpc) is 2.49. The van der Waals surface area contributed by atoms with Crippen LogP contribution in [-0.4, -0.2) is 38.0 Å². The first-order chi connectivity index (χ1) is 10.7. The van der Waals surface area contributed by atoms with E-state index in [9.17, 15) is 18.0 Å². The third kappa shape index (κ3) is 5.19. The predicted octanol–water partition coefficient (Wildman–Crippen LogP) is 0.990. The Bertz CT molecular complexity index is 698. The fourth-order valence-electron chi connectivity index (χ4n) is 1.79. The Balaban J connectivity index is 3.02. The normalized spacial score (nSPS) is 12.7. The highest BCUT2D eigenvalue weighted by molar-refractivity contribution is 7.89. The van der Waals surface area contributed by atoms with Crippen molar-refractivity contribution in [2.75, 3.05) is 6.54 Å². The van der Waals surface area contributed by atoms with Gasteiger partial charge in [0, 0.05) is 12.1 Å². The van der Waals surface area contributed by atoms with Crippen LogP contribution in [-0.2, 0) is 14.8 Å². The van der Waals surface area contributed by atoms with E-state index in [-0.39, 0.29) is 22.9 Å². The third-order valence-corrected chi connectivity index (χ3v) is 4.46. The molecule has 0 unspecified atom stereocenters. The maximum Gasteiger partial charge on any atom is 0.326 e. The van der Waals surface area contributed by atoms with E-state index in [1.807, 2.05) is 0 Å². The molecule has 0 saturated heterocycles. The maximum absolute atomic E-state index is 12.2. The second-order valence-corrected chi connectivity index (χ2v) is 6.97. The van der Waals surface area contributed by atoms with Crippen LogP contribution in [0.25, 0.3) is 0 Å². The second kappa shape index (κ2) is 7.89. The molecule has 0 radical (unpaired) electrons. The summed E-state index contributed by atoms with van der Waals surface area (Å²) in [5, 5.41) is 11.5. The number of carbonyl (C=O) groups excluding carboxylic acids is 1. The molecule has 0 aliphatic rings. The average molecular weight is 340 g/mol. The lowest BCUT2D eigenvalue weighted by Gasteiger charge is -2.18. The number of aliphatic carboxylic acids is 1. The molecule has 1 rings (SSSR count). The molecule has 1 amide bonds. The van der Waals surface area contributed by atoms with Crippen molar-refractivity contribution in [1.82, 2.24) is 10.0 Å². The number of sulfonamides is 1. The zero-order valence-electron chi connectivity index (χ0n) is 12.9. The van der Waals surface area contributed by atoms with Crippen LogP contribution >= 0.6 is 0 Å². The van der Waals surface area contributed by atoms with Crippen LogP contribution in [0, 0.1) is 5.92 Å². The zero-order valence-corrected chi connectivity index (χ0v) is 13.8. The lowest BCUT2D eigenvalue weighted by atomic mass is 10.0. The van der Waals surface area contributed by atoms with E-state index < -0.39 is 27.9 Å². The van der Waals surface area contributed by atoms with Crippen LogP contribution in [0.4, 0.5) is 0 Å². The summed E-state index contributed by atoms with van der Waals surface area (Å²) in [7, 11) is -3.76. The van der Waals surface area contributed by atoms with Gasteiger partial charge in [-0.1, -0.05) is 26.0 Å². The highest BCUT2D eigenvalue weighted by atomic mass is 32.2. The highest BCUT2D eigenvalue weighted by Gasteiger charge is 2.24. The number of benzene rings is 1. The van der Waals surface area contributed by atoms with Crippen molar-refractivity contribution in [2.45, 2.75) is 24.8 Å². The molecule has 8 heteroatoms. The van der Waals surface area contributed by atoms with E-state index in [4.69, 9.17) is 5.11 Å². The fourth-order valence-corrected chi connectivity index (χ4v) is 2.84. The molecule has 1 aromatic carbocycles. The number of hydrogen-bond donors (Lipinski definition) is 3. The van der Waals surface area contributed by atoms with Gasteiger partial charge >= 0.3 is 5.97 Å². The Hall–Kier alpha value is -2.19. The van der Waals surface area contributed by atoms with Crippen molar-refractivity contribution >= 4 is 21.9 Å². The third-order valence-electron chi connectivity index (χ3n) is 3.04. The Morgan fingerprint density at radius 3 is 2.52 bits per heavy atom. The predicted molar refractivity (Wildman–Crippen MR) is 85.6 cm³/mol. The number of rotatable bonds is 8. The van der Waals surface area contributed by atoms with Gasteiger partial charge in [-0.2, -0.15) is 0 Å². The Kier molecular flexibility index (Phi) is 6.47. The SMILES string of the molecule is C=CCNS(=O)(=O)c1cccc(C(=O)N[C@H](C(=O)O)C(C)C)c1. The van der Waals surface area contributed by atoms with Gasteiger partial charge in [0.2, 0.25) is 10.0 Å². The molecule has 126 valence electrons. The van der Waals surface area contributed by atoms with Crippen molar-refractivity contribution < 1.29 is 23.1 Å². The Labute approximate surface area is 135 Å². The van der Waals surface area contributed by atoms with E-state index in [1.165, 1.54) is 30.3 Å². The molecule has 0 bridgehead atoms. The molecule has 0 aromatic heterocycles. The van der Waals surface area contributed by atoms with Crippen molar-refractivity contribution in [1.29, 1.82) is 0 Å². The number of hydrogen-bond acceptors (Lipinski definition) is 4. The number of amides is 1. The molecule has 3 N–H and O–H groups in total. The fraction of sp³-hybridized carbons (Fsp3) is 0.333. The lowest BCUT2D eigenvalue weighted by Crippen LogP contribution is -2.44. The molecule has 0 aliphatic heterocycles. The number of carbonyl (C=O) groups is 2. The zero-order chi connectivity index (χ0) is 17.6. The highest BCUT2D eigenvalue weighted by Crippen LogP contribution is 2.12. The van der Waals surface area contributed by atoms with Crippen LogP contribution in [0.1, 0.15) is 24.2 Å². The summed E-state index contributed by atoms with van der Waals surface area (Å²) in [6.07, 6.45) is 1.40. The van der Waals surface area contributed by atoms with E-state index in [2.05, 4.69) is 16.6 Å². The largest absolute Gasteiger partial charge is 0.480 e.